The van der Waals surface area contributed by atoms with E-state index in [9.17, 15) is 0 Å². The van der Waals surface area contributed by atoms with Crippen LogP contribution < -0.4 is 4.90 Å². The molecular weight excluding hydrogens is 278 g/mol. The average molecular weight is 301 g/mol. The number of H-pyrrole nitrogens is 1. The lowest BCUT2D eigenvalue weighted by Crippen LogP contribution is -2.33. The van der Waals surface area contributed by atoms with Crippen molar-refractivity contribution in [2.45, 2.75) is 18.9 Å². The molecule has 0 spiro atoms. The maximum atomic E-state index is 9.09. The van der Waals surface area contributed by atoms with Gasteiger partial charge in [0.2, 0.25) is 0 Å². The molecule has 1 saturated carbocycles. The summed E-state index contributed by atoms with van der Waals surface area (Å²) < 4.78 is 0. The average Bonchev–Trinajstić information content (AvgIpc) is 3.19. The third kappa shape index (κ3) is 2.27. The lowest BCUT2D eigenvalue weighted by atomic mass is 10.0. The molecule has 2 atom stereocenters. The van der Waals surface area contributed by atoms with Crippen LogP contribution in [0.25, 0.3) is 11.0 Å². The van der Waals surface area contributed by atoms with Crippen LogP contribution in [0.5, 0.6) is 0 Å². The van der Waals surface area contributed by atoms with E-state index in [2.05, 4.69) is 37.9 Å². The molecule has 0 aromatic carbocycles. The minimum atomic E-state index is 0.273. The third-order valence-electron chi connectivity index (χ3n) is 5.43. The van der Waals surface area contributed by atoms with Crippen LogP contribution in [-0.2, 0) is 0 Å². The number of aromatic nitrogens is 3. The number of aliphatic hydroxyl groups is 1. The summed E-state index contributed by atoms with van der Waals surface area (Å²) in [4.78, 5) is 16.7. The van der Waals surface area contributed by atoms with Crippen LogP contribution in [0.15, 0.2) is 18.6 Å². The number of nitrogens with one attached hydrogen (secondary N) is 1. The van der Waals surface area contributed by atoms with E-state index in [1.165, 1.54) is 12.8 Å². The fourth-order valence-corrected chi connectivity index (χ4v) is 4.32. The first kappa shape index (κ1) is 14.0. The summed E-state index contributed by atoms with van der Waals surface area (Å²) in [6.45, 7) is 3.37. The number of hydrogen-bond donors (Lipinski definition) is 2. The Morgan fingerprint density at radius 1 is 1.32 bits per heavy atom. The molecule has 6 heteroatoms. The summed E-state index contributed by atoms with van der Waals surface area (Å²) in [5, 5.41) is 10.2. The molecule has 3 heterocycles. The van der Waals surface area contributed by atoms with E-state index in [0.717, 1.165) is 48.3 Å². The van der Waals surface area contributed by atoms with Crippen molar-refractivity contribution in [1.29, 1.82) is 0 Å². The Labute approximate surface area is 130 Å². The highest BCUT2D eigenvalue weighted by atomic mass is 16.3. The molecule has 4 rings (SSSR count). The van der Waals surface area contributed by atoms with Gasteiger partial charge in [-0.25, -0.2) is 9.97 Å². The largest absolute Gasteiger partial charge is 0.395 e. The topological polar surface area (TPSA) is 68.3 Å². The number of β-amino-alcohol motifs (C(OH)–C–C–N with tert-alkyl or cyclic N) is 1. The fraction of sp³-hybridized carbons (Fsp3) is 0.625. The van der Waals surface area contributed by atoms with Gasteiger partial charge in [0.15, 0.2) is 0 Å². The molecule has 2 fully saturated rings. The van der Waals surface area contributed by atoms with E-state index in [1.807, 2.05) is 6.20 Å². The van der Waals surface area contributed by atoms with Gasteiger partial charge in [-0.05, 0) is 30.7 Å². The SMILES string of the molecule is CN(c1ncnc2[nH]ccc12)C1CC2CN(CCO)CC2C1. The van der Waals surface area contributed by atoms with Crippen LogP contribution in [0.4, 0.5) is 5.82 Å². The Bertz CT molecular complexity index is 643. The normalized spacial score (nSPS) is 28.4. The van der Waals surface area contributed by atoms with Crippen molar-refractivity contribution in [2.24, 2.45) is 11.8 Å². The smallest absolute Gasteiger partial charge is 0.142 e. The highest BCUT2D eigenvalue weighted by molar-refractivity contribution is 5.87. The van der Waals surface area contributed by atoms with Gasteiger partial charge in [-0.2, -0.15) is 0 Å². The van der Waals surface area contributed by atoms with Gasteiger partial charge < -0.3 is 19.9 Å². The van der Waals surface area contributed by atoms with Crippen molar-refractivity contribution in [3.05, 3.63) is 18.6 Å². The van der Waals surface area contributed by atoms with E-state index in [-0.39, 0.29) is 6.61 Å². The van der Waals surface area contributed by atoms with E-state index < -0.39 is 0 Å². The van der Waals surface area contributed by atoms with Crippen LogP contribution in [0.1, 0.15) is 12.8 Å². The van der Waals surface area contributed by atoms with Gasteiger partial charge in [-0.15, -0.1) is 0 Å². The maximum Gasteiger partial charge on any atom is 0.142 e. The minimum absolute atomic E-state index is 0.273. The van der Waals surface area contributed by atoms with Crippen LogP contribution in [0, 0.1) is 11.8 Å². The molecule has 0 radical (unpaired) electrons. The van der Waals surface area contributed by atoms with Crippen molar-refractivity contribution in [2.75, 3.05) is 38.2 Å². The molecule has 1 saturated heterocycles. The van der Waals surface area contributed by atoms with E-state index >= 15 is 0 Å². The Morgan fingerprint density at radius 2 is 2.09 bits per heavy atom. The molecule has 22 heavy (non-hydrogen) atoms. The lowest BCUT2D eigenvalue weighted by Gasteiger charge is -2.27. The van der Waals surface area contributed by atoms with E-state index in [4.69, 9.17) is 5.11 Å². The van der Waals surface area contributed by atoms with Crippen molar-refractivity contribution in [3.8, 4) is 0 Å². The quantitative estimate of drug-likeness (QED) is 0.885. The van der Waals surface area contributed by atoms with Gasteiger partial charge in [0.25, 0.3) is 0 Å². The fourth-order valence-electron chi connectivity index (χ4n) is 4.32. The number of anilines is 1. The molecule has 2 aromatic heterocycles. The van der Waals surface area contributed by atoms with E-state index in [0.29, 0.717) is 6.04 Å². The Morgan fingerprint density at radius 3 is 2.82 bits per heavy atom. The first-order valence-electron chi connectivity index (χ1n) is 8.10. The number of nitrogens with zero attached hydrogens (tertiary/aromatic N) is 4. The summed E-state index contributed by atoms with van der Waals surface area (Å²) in [6, 6.07) is 2.61. The zero-order chi connectivity index (χ0) is 15.1. The van der Waals surface area contributed by atoms with E-state index in [1.54, 1.807) is 6.33 Å². The molecule has 2 aromatic rings. The molecule has 0 bridgehead atoms. The number of fused-ring (bicyclic) bond motifs is 2. The van der Waals surface area contributed by atoms with Crippen molar-refractivity contribution in [3.63, 3.8) is 0 Å². The predicted molar refractivity (Wildman–Crippen MR) is 85.8 cm³/mol. The molecule has 0 amide bonds. The Balaban J connectivity index is 1.49. The zero-order valence-corrected chi connectivity index (χ0v) is 12.9. The highest BCUT2D eigenvalue weighted by Gasteiger charge is 2.42. The minimum Gasteiger partial charge on any atom is -0.395 e. The van der Waals surface area contributed by atoms with Gasteiger partial charge in [-0.3, -0.25) is 0 Å². The van der Waals surface area contributed by atoms with Gasteiger partial charge in [0.05, 0.1) is 12.0 Å². The number of aromatic amines is 1. The molecule has 6 nitrogen and oxygen atoms in total. The maximum absolute atomic E-state index is 9.09. The van der Waals surface area contributed by atoms with Crippen LogP contribution in [0.2, 0.25) is 0 Å². The first-order valence-corrected chi connectivity index (χ1v) is 8.10. The third-order valence-corrected chi connectivity index (χ3v) is 5.43. The Kier molecular flexibility index (Phi) is 3.50. The van der Waals surface area contributed by atoms with Gasteiger partial charge in [-0.1, -0.05) is 0 Å². The summed E-state index contributed by atoms with van der Waals surface area (Å²) in [6.07, 6.45) is 6.01. The van der Waals surface area contributed by atoms with Crippen molar-refractivity contribution >= 4 is 16.9 Å². The number of hydrogen-bond acceptors (Lipinski definition) is 5. The summed E-state index contributed by atoms with van der Waals surface area (Å²) in [7, 11) is 2.16. The molecule has 2 aliphatic rings. The van der Waals surface area contributed by atoms with Crippen LogP contribution in [0.3, 0.4) is 0 Å². The second kappa shape index (κ2) is 5.52. The monoisotopic (exact) mass is 301 g/mol. The highest BCUT2D eigenvalue weighted by Crippen LogP contribution is 2.41. The standard InChI is InChI=1S/C16H23N5O/c1-20(16-14-2-3-17-15(14)18-10-19-16)13-6-11-8-21(4-5-22)9-12(11)7-13/h2-3,10-13,22H,4-9H2,1H3,(H,17,18,19). The first-order chi connectivity index (χ1) is 10.8. The molecule has 118 valence electrons. The Hall–Kier alpha value is -1.66. The van der Waals surface area contributed by atoms with Gasteiger partial charge in [0, 0.05) is 38.9 Å². The van der Waals surface area contributed by atoms with Crippen molar-refractivity contribution < 1.29 is 5.11 Å². The molecule has 1 aliphatic heterocycles. The second-order valence-corrected chi connectivity index (χ2v) is 6.68. The summed E-state index contributed by atoms with van der Waals surface area (Å²) in [5.74, 6) is 2.56. The number of likely N-dealkylation sites (tertiary alicyclic amines) is 1. The lowest BCUT2D eigenvalue weighted by molar-refractivity contribution is 0.211. The molecule has 2 unspecified atom stereocenters. The molecular formula is C16H23N5O. The van der Waals surface area contributed by atoms with Crippen molar-refractivity contribution in [1.82, 2.24) is 19.9 Å². The van der Waals surface area contributed by atoms with Crippen LogP contribution >= 0.6 is 0 Å². The molecule has 1 aliphatic carbocycles. The predicted octanol–water partition coefficient (Wildman–Crippen LogP) is 1.10. The number of aliphatic hydroxyl groups excluding tert-OH is 1. The summed E-state index contributed by atoms with van der Waals surface area (Å²) in [5.41, 5.74) is 0.907. The van der Waals surface area contributed by atoms with Gasteiger partial charge in [0.1, 0.15) is 17.8 Å². The van der Waals surface area contributed by atoms with Gasteiger partial charge >= 0.3 is 0 Å². The number of rotatable bonds is 4. The summed E-state index contributed by atoms with van der Waals surface area (Å²) >= 11 is 0. The zero-order valence-electron chi connectivity index (χ0n) is 12.9. The molecule has 2 N–H and O–H groups in total. The second-order valence-electron chi connectivity index (χ2n) is 6.68. The van der Waals surface area contributed by atoms with Crippen LogP contribution in [-0.4, -0.2) is 64.3 Å².